The largest absolute Gasteiger partial charge is 0.573 e. The zero-order valence-electron chi connectivity index (χ0n) is 16.2. The lowest BCUT2D eigenvalue weighted by Gasteiger charge is -2.23. The first-order valence-electron chi connectivity index (χ1n) is 10.1. The molecule has 3 aliphatic rings. The molecular formula is C20H26F3N3O3. The molecule has 2 unspecified atom stereocenters. The Morgan fingerprint density at radius 3 is 2.28 bits per heavy atom. The monoisotopic (exact) mass is 413 g/mol. The molecule has 0 radical (unpaired) electrons. The van der Waals surface area contributed by atoms with E-state index < -0.39 is 12.5 Å². The van der Waals surface area contributed by atoms with Crippen molar-refractivity contribution in [1.82, 2.24) is 14.7 Å². The molecule has 3 heterocycles. The molecule has 1 N–H and O–H groups in total. The molecule has 6 nitrogen and oxygen atoms in total. The molecule has 1 aromatic carbocycles. The van der Waals surface area contributed by atoms with Crippen LogP contribution in [0.25, 0.3) is 0 Å². The molecule has 4 rings (SSSR count). The molecule has 0 aromatic heterocycles. The smallest absolute Gasteiger partial charge is 0.465 e. The summed E-state index contributed by atoms with van der Waals surface area (Å²) >= 11 is 0. The number of nitrogens with zero attached hydrogens (tertiary/aromatic N) is 3. The van der Waals surface area contributed by atoms with Crippen molar-refractivity contribution >= 4 is 6.09 Å². The highest BCUT2D eigenvalue weighted by Gasteiger charge is 2.42. The minimum absolute atomic E-state index is 0.146. The van der Waals surface area contributed by atoms with E-state index in [1.54, 1.807) is 6.07 Å². The van der Waals surface area contributed by atoms with E-state index in [9.17, 15) is 18.0 Å². The Morgan fingerprint density at radius 1 is 1.03 bits per heavy atom. The van der Waals surface area contributed by atoms with Gasteiger partial charge in [0.25, 0.3) is 0 Å². The van der Waals surface area contributed by atoms with Crippen molar-refractivity contribution in [3.05, 3.63) is 29.3 Å². The Bertz CT molecular complexity index is 738. The van der Waals surface area contributed by atoms with Gasteiger partial charge in [-0.2, -0.15) is 0 Å². The van der Waals surface area contributed by atoms with Crippen molar-refractivity contribution < 1.29 is 27.8 Å². The molecule has 0 bridgehead atoms. The van der Waals surface area contributed by atoms with Crippen LogP contribution >= 0.6 is 0 Å². The number of halogens is 3. The van der Waals surface area contributed by atoms with Crippen molar-refractivity contribution in [2.75, 3.05) is 39.3 Å². The van der Waals surface area contributed by atoms with Crippen LogP contribution in [0.15, 0.2) is 18.2 Å². The van der Waals surface area contributed by atoms with Crippen LogP contribution in [-0.4, -0.2) is 71.5 Å². The minimum atomic E-state index is -4.73. The van der Waals surface area contributed by atoms with Crippen molar-refractivity contribution in [2.24, 2.45) is 11.8 Å². The number of fused-ring (bicyclic) bond motifs is 1. The summed E-state index contributed by atoms with van der Waals surface area (Å²) in [5.74, 6) is 0.337. The van der Waals surface area contributed by atoms with Crippen LogP contribution in [0.2, 0.25) is 0 Å². The molecule has 160 valence electrons. The first kappa shape index (κ1) is 20.3. The summed E-state index contributed by atoms with van der Waals surface area (Å²) in [5.41, 5.74) is 1.53. The zero-order chi connectivity index (χ0) is 20.6. The maximum absolute atomic E-state index is 12.9. The van der Waals surface area contributed by atoms with Gasteiger partial charge in [0, 0.05) is 44.8 Å². The Labute approximate surface area is 167 Å². The van der Waals surface area contributed by atoms with E-state index in [1.165, 1.54) is 11.0 Å². The lowest BCUT2D eigenvalue weighted by atomic mass is 10.0. The van der Waals surface area contributed by atoms with Crippen LogP contribution in [0.3, 0.4) is 0 Å². The number of amides is 1. The molecule has 0 spiro atoms. The summed E-state index contributed by atoms with van der Waals surface area (Å²) in [6.45, 7) is 5.52. The van der Waals surface area contributed by atoms with E-state index in [4.69, 9.17) is 5.11 Å². The standard InChI is InChI=1S/C20H26F3N3O3/c21-20(22,23)29-18-4-3-14(8-24-5-1-2-6-24)7-15(18)9-25-10-16-12-26(19(27)28)13-17(16)11-25/h3-4,7,16-17H,1-2,5-6,8-13H2,(H,27,28). The van der Waals surface area contributed by atoms with Crippen molar-refractivity contribution in [1.29, 1.82) is 0 Å². The lowest BCUT2D eigenvalue weighted by Crippen LogP contribution is -2.32. The van der Waals surface area contributed by atoms with Gasteiger partial charge in [-0.05, 0) is 55.5 Å². The molecule has 3 aliphatic heterocycles. The molecule has 0 saturated carbocycles. The highest BCUT2D eigenvalue weighted by molar-refractivity contribution is 5.65. The molecule has 1 amide bonds. The number of hydrogen-bond donors (Lipinski definition) is 1. The quantitative estimate of drug-likeness (QED) is 0.803. The number of alkyl halides is 3. The third kappa shape index (κ3) is 4.95. The van der Waals surface area contributed by atoms with Crippen LogP contribution < -0.4 is 4.74 Å². The average Bonchev–Trinajstić information content (AvgIpc) is 3.32. The lowest BCUT2D eigenvalue weighted by molar-refractivity contribution is -0.275. The zero-order valence-corrected chi connectivity index (χ0v) is 16.2. The van der Waals surface area contributed by atoms with Gasteiger partial charge in [0.2, 0.25) is 0 Å². The van der Waals surface area contributed by atoms with Crippen molar-refractivity contribution in [2.45, 2.75) is 32.3 Å². The van der Waals surface area contributed by atoms with Gasteiger partial charge in [0.15, 0.2) is 0 Å². The fourth-order valence-corrected chi connectivity index (χ4v) is 4.89. The Morgan fingerprint density at radius 2 is 1.69 bits per heavy atom. The van der Waals surface area contributed by atoms with E-state index in [1.807, 2.05) is 6.07 Å². The summed E-state index contributed by atoms with van der Waals surface area (Å²) < 4.78 is 42.9. The summed E-state index contributed by atoms with van der Waals surface area (Å²) in [5, 5.41) is 9.15. The summed E-state index contributed by atoms with van der Waals surface area (Å²) in [6, 6.07) is 4.97. The molecule has 0 aliphatic carbocycles. The minimum Gasteiger partial charge on any atom is -0.465 e. The predicted octanol–water partition coefficient (Wildman–Crippen LogP) is 3.22. The highest BCUT2D eigenvalue weighted by Crippen LogP contribution is 2.34. The second-order valence-corrected chi connectivity index (χ2v) is 8.37. The van der Waals surface area contributed by atoms with Gasteiger partial charge in [-0.15, -0.1) is 13.2 Å². The van der Waals surface area contributed by atoms with Crippen LogP contribution in [-0.2, 0) is 13.1 Å². The van der Waals surface area contributed by atoms with Crippen LogP contribution in [0, 0.1) is 11.8 Å². The second kappa shape index (κ2) is 8.02. The topological polar surface area (TPSA) is 56.2 Å². The van der Waals surface area contributed by atoms with E-state index >= 15 is 0 Å². The molecule has 2 atom stereocenters. The van der Waals surface area contributed by atoms with Gasteiger partial charge < -0.3 is 14.7 Å². The number of benzene rings is 1. The fraction of sp³-hybridized carbons (Fsp3) is 0.650. The summed E-state index contributed by atoms with van der Waals surface area (Å²) in [7, 11) is 0. The molecule has 3 fully saturated rings. The number of carboxylic acid groups (broad SMARTS) is 1. The Kier molecular flexibility index (Phi) is 5.61. The van der Waals surface area contributed by atoms with Crippen molar-refractivity contribution in [3.8, 4) is 5.75 Å². The van der Waals surface area contributed by atoms with E-state index in [0.717, 1.165) is 38.0 Å². The van der Waals surface area contributed by atoms with Gasteiger partial charge in [0.05, 0.1) is 0 Å². The first-order chi connectivity index (χ1) is 13.8. The summed E-state index contributed by atoms with van der Waals surface area (Å²) in [4.78, 5) is 17.0. The van der Waals surface area contributed by atoms with Gasteiger partial charge in [-0.3, -0.25) is 9.80 Å². The Hall–Kier alpha value is -2.00. The molecular weight excluding hydrogens is 387 g/mol. The van der Waals surface area contributed by atoms with Crippen LogP contribution in [0.4, 0.5) is 18.0 Å². The third-order valence-electron chi connectivity index (χ3n) is 6.18. The van der Waals surface area contributed by atoms with Crippen LogP contribution in [0.5, 0.6) is 5.75 Å². The maximum Gasteiger partial charge on any atom is 0.573 e. The third-order valence-corrected chi connectivity index (χ3v) is 6.18. The number of carbonyl (C=O) groups is 1. The Balaban J connectivity index is 1.46. The summed E-state index contributed by atoms with van der Waals surface area (Å²) in [6.07, 6.45) is -3.31. The van der Waals surface area contributed by atoms with E-state index in [0.29, 0.717) is 38.3 Å². The molecule has 9 heteroatoms. The number of ether oxygens (including phenoxy) is 1. The first-order valence-corrected chi connectivity index (χ1v) is 10.1. The van der Waals surface area contributed by atoms with Gasteiger partial charge in [-0.25, -0.2) is 4.79 Å². The number of likely N-dealkylation sites (tertiary alicyclic amines) is 3. The van der Waals surface area contributed by atoms with Crippen LogP contribution in [0.1, 0.15) is 24.0 Å². The molecule has 3 saturated heterocycles. The molecule has 29 heavy (non-hydrogen) atoms. The van der Waals surface area contributed by atoms with Gasteiger partial charge in [0.1, 0.15) is 5.75 Å². The molecule has 1 aromatic rings. The average molecular weight is 413 g/mol. The number of hydrogen-bond acceptors (Lipinski definition) is 4. The van der Waals surface area contributed by atoms with Crippen molar-refractivity contribution in [3.63, 3.8) is 0 Å². The van der Waals surface area contributed by atoms with E-state index in [2.05, 4.69) is 14.5 Å². The van der Waals surface area contributed by atoms with Gasteiger partial charge >= 0.3 is 12.5 Å². The maximum atomic E-state index is 12.9. The van der Waals surface area contributed by atoms with Gasteiger partial charge in [-0.1, -0.05) is 6.07 Å². The predicted molar refractivity (Wildman–Crippen MR) is 99.5 cm³/mol. The fourth-order valence-electron chi connectivity index (χ4n) is 4.89. The second-order valence-electron chi connectivity index (χ2n) is 8.37. The van der Waals surface area contributed by atoms with E-state index in [-0.39, 0.29) is 17.6 Å². The number of rotatable bonds is 5. The SMILES string of the molecule is O=C(O)N1CC2CN(Cc3cc(CN4CCCC4)ccc3OC(F)(F)F)CC2C1. The normalized spacial score (nSPS) is 25.6. The highest BCUT2D eigenvalue weighted by atomic mass is 19.4.